The second-order valence-corrected chi connectivity index (χ2v) is 8.78. The average molecular weight is 421 g/mol. The quantitative estimate of drug-likeness (QED) is 0.281. The number of rotatable bonds is 11. The molecule has 0 radical (unpaired) electrons. The van der Waals surface area contributed by atoms with Gasteiger partial charge in [0.25, 0.3) is 0 Å². The van der Waals surface area contributed by atoms with Crippen LogP contribution in [0.5, 0.6) is 5.75 Å². The Bertz CT molecular complexity index is 869. The lowest BCUT2D eigenvalue weighted by Crippen LogP contribution is -2.37. The number of nitrogens with zero attached hydrogens (tertiary/aromatic N) is 2. The van der Waals surface area contributed by atoms with Crippen molar-refractivity contribution in [3.8, 4) is 11.7 Å². The number of nitrogens with one attached hydrogen (secondary N) is 1. The minimum Gasteiger partial charge on any atom is -0.493 e. The van der Waals surface area contributed by atoms with E-state index in [1.807, 2.05) is 36.5 Å². The lowest BCUT2D eigenvalue weighted by atomic mass is 10.2. The molecule has 0 saturated heterocycles. The fourth-order valence-electron chi connectivity index (χ4n) is 2.85. The van der Waals surface area contributed by atoms with E-state index in [-0.39, 0.29) is 6.61 Å². The first-order valence-electron chi connectivity index (χ1n) is 9.21. The second-order valence-electron chi connectivity index (χ2n) is 6.20. The predicted octanol–water partition coefficient (Wildman–Crippen LogP) is 3.44. The molecule has 150 valence electrons. The lowest BCUT2D eigenvalue weighted by Gasteiger charge is -2.14. The van der Waals surface area contributed by atoms with Crippen molar-refractivity contribution in [3.63, 3.8) is 0 Å². The standard InChI is InChI=1S/C20H26N3O3S2/c1-15-18(14-28-27-13-10-24)23(9-8-19(15)26-12-5-11-25-2)20-21-16-6-3-4-7-17(16)22-20/h3-4,6-9,24H,5,10-14H2,1-2H3,(H,21,22)/q+1. The van der Waals surface area contributed by atoms with Crippen molar-refractivity contribution in [2.24, 2.45) is 0 Å². The smallest absolute Gasteiger partial charge is 0.402 e. The number of H-pyrrole nitrogens is 1. The number of aromatic nitrogens is 3. The summed E-state index contributed by atoms with van der Waals surface area (Å²) in [5.41, 5.74) is 4.17. The van der Waals surface area contributed by atoms with E-state index in [2.05, 4.69) is 16.5 Å². The Labute approximate surface area is 173 Å². The number of aliphatic hydroxyl groups is 1. The zero-order valence-corrected chi connectivity index (χ0v) is 17.8. The molecule has 0 saturated carbocycles. The van der Waals surface area contributed by atoms with Gasteiger partial charge in [-0.15, -0.1) is 0 Å². The molecular weight excluding hydrogens is 394 g/mol. The van der Waals surface area contributed by atoms with Gasteiger partial charge in [0.15, 0.2) is 5.52 Å². The maximum Gasteiger partial charge on any atom is 0.402 e. The van der Waals surface area contributed by atoms with Crippen LogP contribution in [-0.2, 0) is 10.5 Å². The van der Waals surface area contributed by atoms with Crippen LogP contribution in [0.1, 0.15) is 17.7 Å². The Kier molecular flexibility index (Phi) is 8.02. The summed E-state index contributed by atoms with van der Waals surface area (Å²) in [6.07, 6.45) is 2.85. The number of aliphatic hydroxyl groups excluding tert-OH is 1. The van der Waals surface area contributed by atoms with E-state index in [1.165, 1.54) is 0 Å². The number of methoxy groups -OCH3 is 1. The van der Waals surface area contributed by atoms with Crippen LogP contribution in [0.15, 0.2) is 36.5 Å². The van der Waals surface area contributed by atoms with E-state index in [0.29, 0.717) is 19.0 Å². The molecule has 0 fully saturated rings. The number of para-hydroxylation sites is 2. The molecule has 0 unspecified atom stereocenters. The number of hydrogen-bond acceptors (Lipinski definition) is 6. The zero-order valence-electron chi connectivity index (χ0n) is 16.2. The summed E-state index contributed by atoms with van der Waals surface area (Å²) in [6, 6.07) is 10.0. The molecule has 0 aliphatic carbocycles. The van der Waals surface area contributed by atoms with Gasteiger partial charge in [-0.1, -0.05) is 38.7 Å². The van der Waals surface area contributed by atoms with Crippen LogP contribution >= 0.6 is 21.6 Å². The molecule has 0 aliphatic heterocycles. The number of ether oxygens (including phenoxy) is 2. The maximum absolute atomic E-state index is 9.03. The Morgan fingerprint density at radius 2 is 2.04 bits per heavy atom. The summed E-state index contributed by atoms with van der Waals surface area (Å²) >= 11 is 0. The van der Waals surface area contributed by atoms with E-state index in [1.54, 1.807) is 28.7 Å². The van der Waals surface area contributed by atoms with E-state index >= 15 is 0 Å². The molecule has 1 aromatic carbocycles. The van der Waals surface area contributed by atoms with E-state index in [0.717, 1.165) is 46.2 Å². The lowest BCUT2D eigenvalue weighted by molar-refractivity contribution is -0.610. The molecule has 2 heterocycles. The van der Waals surface area contributed by atoms with Gasteiger partial charge in [0.1, 0.15) is 17.0 Å². The van der Waals surface area contributed by atoms with E-state index in [4.69, 9.17) is 19.6 Å². The molecule has 0 spiro atoms. The maximum atomic E-state index is 9.03. The first kappa shape index (κ1) is 21.0. The number of hydrogen-bond donors (Lipinski definition) is 2. The zero-order chi connectivity index (χ0) is 19.8. The number of pyridine rings is 1. The molecule has 0 amide bonds. The fraction of sp³-hybridized carbons (Fsp3) is 0.400. The predicted molar refractivity (Wildman–Crippen MR) is 115 cm³/mol. The van der Waals surface area contributed by atoms with E-state index in [9.17, 15) is 0 Å². The van der Waals surface area contributed by atoms with Crippen molar-refractivity contribution in [2.75, 3.05) is 32.7 Å². The van der Waals surface area contributed by atoms with E-state index < -0.39 is 0 Å². The van der Waals surface area contributed by atoms with Crippen LogP contribution in [0.2, 0.25) is 0 Å². The molecule has 0 bridgehead atoms. The number of benzene rings is 1. The van der Waals surface area contributed by atoms with Crippen LogP contribution in [0, 0.1) is 6.92 Å². The van der Waals surface area contributed by atoms with Gasteiger partial charge in [0.2, 0.25) is 0 Å². The van der Waals surface area contributed by atoms with Crippen LogP contribution in [0.4, 0.5) is 0 Å². The van der Waals surface area contributed by atoms with Gasteiger partial charge in [0.05, 0.1) is 25.2 Å². The highest BCUT2D eigenvalue weighted by atomic mass is 33.1. The number of aromatic amines is 1. The Morgan fingerprint density at radius 1 is 1.18 bits per heavy atom. The monoisotopic (exact) mass is 420 g/mol. The highest BCUT2D eigenvalue weighted by molar-refractivity contribution is 8.76. The SMILES string of the molecule is COCCCOc1cc[n+](-c2nc3ccccc3[nH]2)c(CSSCCO)c1C. The van der Waals surface area contributed by atoms with Gasteiger partial charge >= 0.3 is 5.95 Å². The summed E-state index contributed by atoms with van der Waals surface area (Å²) in [7, 11) is 5.08. The third-order valence-corrected chi connectivity index (χ3v) is 6.54. The van der Waals surface area contributed by atoms with Crippen molar-refractivity contribution in [1.29, 1.82) is 0 Å². The fourth-order valence-corrected chi connectivity index (χ4v) is 4.75. The Morgan fingerprint density at radius 3 is 2.82 bits per heavy atom. The molecule has 0 aliphatic rings. The van der Waals surface area contributed by atoms with Crippen molar-refractivity contribution in [1.82, 2.24) is 9.97 Å². The first-order valence-corrected chi connectivity index (χ1v) is 11.7. The average Bonchev–Trinajstić information content (AvgIpc) is 3.14. The normalized spacial score (nSPS) is 11.2. The molecule has 2 aromatic heterocycles. The van der Waals surface area contributed by atoms with Gasteiger partial charge in [0, 0.05) is 37.5 Å². The third kappa shape index (κ3) is 5.20. The molecule has 8 heteroatoms. The Hall–Kier alpha value is -1.74. The van der Waals surface area contributed by atoms with Crippen LogP contribution in [0.25, 0.3) is 17.0 Å². The first-order chi connectivity index (χ1) is 13.7. The van der Waals surface area contributed by atoms with Crippen molar-refractivity contribution in [3.05, 3.63) is 47.8 Å². The van der Waals surface area contributed by atoms with Crippen LogP contribution in [0.3, 0.4) is 0 Å². The minimum atomic E-state index is 0.183. The van der Waals surface area contributed by atoms with Gasteiger partial charge in [-0.05, 0) is 19.1 Å². The molecule has 6 nitrogen and oxygen atoms in total. The largest absolute Gasteiger partial charge is 0.493 e. The molecule has 2 N–H and O–H groups in total. The molecule has 3 aromatic rings. The summed E-state index contributed by atoms with van der Waals surface area (Å²) in [4.78, 5) is 8.14. The number of imidazole rings is 1. The van der Waals surface area contributed by atoms with Gasteiger partial charge in [-0.3, -0.25) is 0 Å². The number of fused-ring (bicyclic) bond motifs is 1. The summed E-state index contributed by atoms with van der Waals surface area (Å²) < 4.78 is 13.2. The van der Waals surface area contributed by atoms with Gasteiger partial charge in [-0.2, -0.15) is 0 Å². The molecular formula is C20H26N3O3S2+. The van der Waals surface area contributed by atoms with Crippen LogP contribution in [-0.4, -0.2) is 47.8 Å². The van der Waals surface area contributed by atoms with Crippen molar-refractivity contribution in [2.45, 2.75) is 19.1 Å². The highest BCUT2D eigenvalue weighted by Gasteiger charge is 2.20. The summed E-state index contributed by atoms with van der Waals surface area (Å²) in [6.45, 7) is 3.57. The van der Waals surface area contributed by atoms with Crippen molar-refractivity contribution < 1.29 is 19.1 Å². The summed E-state index contributed by atoms with van der Waals surface area (Å²) in [5, 5.41) is 9.03. The van der Waals surface area contributed by atoms with Crippen molar-refractivity contribution >= 4 is 32.6 Å². The molecule has 0 atom stereocenters. The topological polar surface area (TPSA) is 71.2 Å². The molecule has 3 rings (SSSR count). The molecule has 28 heavy (non-hydrogen) atoms. The summed E-state index contributed by atoms with van der Waals surface area (Å²) in [5.74, 6) is 3.16. The second kappa shape index (κ2) is 10.7. The minimum absolute atomic E-state index is 0.183. The highest BCUT2D eigenvalue weighted by Crippen LogP contribution is 2.29. The van der Waals surface area contributed by atoms with Crippen LogP contribution < -0.4 is 9.30 Å². The third-order valence-electron chi connectivity index (χ3n) is 4.28. The van der Waals surface area contributed by atoms with Gasteiger partial charge in [-0.25, -0.2) is 9.55 Å². The Balaban J connectivity index is 1.89. The van der Waals surface area contributed by atoms with Gasteiger partial charge < -0.3 is 14.6 Å².